The zero-order valence-corrected chi connectivity index (χ0v) is 15.2. The van der Waals surface area contributed by atoms with E-state index in [1.54, 1.807) is 12.4 Å². The fourth-order valence-electron chi connectivity index (χ4n) is 2.59. The highest BCUT2D eigenvalue weighted by molar-refractivity contribution is 5.82. The molecule has 3 aromatic rings. The van der Waals surface area contributed by atoms with Crippen molar-refractivity contribution in [3.05, 3.63) is 84.2 Å². The van der Waals surface area contributed by atoms with Gasteiger partial charge >= 0.3 is 6.09 Å². The highest BCUT2D eigenvalue weighted by Gasteiger charge is 2.16. The molecule has 0 saturated carbocycles. The van der Waals surface area contributed by atoms with Gasteiger partial charge in [-0.05, 0) is 11.1 Å². The predicted molar refractivity (Wildman–Crippen MR) is 102 cm³/mol. The summed E-state index contributed by atoms with van der Waals surface area (Å²) in [6.07, 6.45) is 2.51. The molecule has 0 fully saturated rings. The number of aromatic nitrogens is 3. The molecule has 2 N–H and O–H groups in total. The Morgan fingerprint density at radius 3 is 2.29 bits per heavy atom. The fourth-order valence-corrected chi connectivity index (χ4v) is 2.59. The minimum Gasteiger partial charge on any atom is -0.445 e. The van der Waals surface area contributed by atoms with Gasteiger partial charge in [0.05, 0.1) is 25.0 Å². The van der Waals surface area contributed by atoms with Crippen LogP contribution in [0.4, 0.5) is 4.79 Å². The molecule has 144 valence electrons. The lowest BCUT2D eigenvalue weighted by atomic mass is 10.1. The Morgan fingerprint density at radius 2 is 1.61 bits per heavy atom. The number of amides is 2. The van der Waals surface area contributed by atoms with Gasteiger partial charge in [0.25, 0.3) is 0 Å². The summed E-state index contributed by atoms with van der Waals surface area (Å²) in [6, 6.07) is 18.5. The van der Waals surface area contributed by atoms with E-state index in [9.17, 15) is 9.59 Å². The third-order valence-corrected chi connectivity index (χ3v) is 3.96. The topological polar surface area (TPSA) is 98.1 Å². The molecule has 1 aromatic heterocycles. The first kappa shape index (κ1) is 19.1. The molecule has 2 aromatic carbocycles. The number of hydrogen-bond donors (Lipinski definition) is 2. The maximum Gasteiger partial charge on any atom is 0.407 e. The Kier molecular flexibility index (Phi) is 6.73. The molecule has 8 heteroatoms. The molecule has 0 spiro atoms. The molecule has 0 saturated heterocycles. The van der Waals surface area contributed by atoms with Crippen LogP contribution in [0, 0.1) is 0 Å². The van der Waals surface area contributed by atoms with Crippen LogP contribution in [0.15, 0.2) is 73.1 Å². The molecular formula is C20H21N5O3. The quantitative estimate of drug-likeness (QED) is 0.624. The van der Waals surface area contributed by atoms with Gasteiger partial charge in [-0.15, -0.1) is 0 Å². The van der Waals surface area contributed by atoms with Crippen LogP contribution < -0.4 is 10.6 Å². The molecule has 1 atom stereocenters. The Bertz CT molecular complexity index is 869. The van der Waals surface area contributed by atoms with Crippen LogP contribution in [-0.2, 0) is 22.7 Å². The van der Waals surface area contributed by atoms with Gasteiger partial charge in [0.2, 0.25) is 5.91 Å². The first-order valence-electron chi connectivity index (χ1n) is 8.83. The van der Waals surface area contributed by atoms with Gasteiger partial charge in [0, 0.05) is 0 Å². The maximum atomic E-state index is 12.3. The van der Waals surface area contributed by atoms with Crippen LogP contribution in [0.25, 0.3) is 0 Å². The summed E-state index contributed by atoms with van der Waals surface area (Å²) in [4.78, 5) is 25.6. The van der Waals surface area contributed by atoms with Gasteiger partial charge in [-0.3, -0.25) is 4.79 Å². The van der Waals surface area contributed by atoms with E-state index in [1.165, 1.54) is 4.80 Å². The number of hydrogen-bond acceptors (Lipinski definition) is 5. The second kappa shape index (κ2) is 9.86. The van der Waals surface area contributed by atoms with Crippen LogP contribution in [0.5, 0.6) is 0 Å². The van der Waals surface area contributed by atoms with E-state index in [1.807, 2.05) is 60.7 Å². The Hall–Kier alpha value is -3.68. The molecule has 0 aliphatic rings. The lowest BCUT2D eigenvalue weighted by Crippen LogP contribution is -2.40. The Labute approximate surface area is 162 Å². The number of carbonyl (C=O) groups excluding carboxylic acids is 2. The molecule has 3 rings (SSSR count). The monoisotopic (exact) mass is 379 g/mol. The fraction of sp³-hybridized carbons (Fsp3) is 0.200. The van der Waals surface area contributed by atoms with Gasteiger partial charge in [-0.2, -0.15) is 15.0 Å². The second-order valence-corrected chi connectivity index (χ2v) is 6.03. The van der Waals surface area contributed by atoms with Crippen LogP contribution in [0.3, 0.4) is 0 Å². The summed E-state index contributed by atoms with van der Waals surface area (Å²) in [5.41, 5.74) is 1.79. The van der Waals surface area contributed by atoms with Crippen molar-refractivity contribution < 1.29 is 14.3 Å². The van der Waals surface area contributed by atoms with Crippen molar-refractivity contribution in [3.63, 3.8) is 0 Å². The average molecular weight is 379 g/mol. The van der Waals surface area contributed by atoms with Crippen LogP contribution in [-0.4, -0.2) is 33.5 Å². The molecule has 0 bridgehead atoms. The van der Waals surface area contributed by atoms with E-state index in [0.717, 1.165) is 11.1 Å². The smallest absolute Gasteiger partial charge is 0.407 e. The predicted octanol–water partition coefficient (Wildman–Crippen LogP) is 2.06. The van der Waals surface area contributed by atoms with E-state index < -0.39 is 6.09 Å². The third-order valence-electron chi connectivity index (χ3n) is 3.96. The van der Waals surface area contributed by atoms with E-state index in [-0.39, 0.29) is 25.1 Å². The summed E-state index contributed by atoms with van der Waals surface area (Å²) >= 11 is 0. The van der Waals surface area contributed by atoms with Crippen molar-refractivity contribution in [2.75, 3.05) is 6.54 Å². The summed E-state index contributed by atoms with van der Waals surface area (Å²) in [7, 11) is 0. The summed E-state index contributed by atoms with van der Waals surface area (Å²) in [5, 5.41) is 13.5. The summed E-state index contributed by atoms with van der Waals surface area (Å²) in [6.45, 7) is 0.330. The van der Waals surface area contributed by atoms with Gasteiger partial charge in [-0.1, -0.05) is 60.7 Å². The number of benzene rings is 2. The standard InChI is InChI=1S/C20H21N5O3/c26-19(13-21-20(27)28-15-16-7-3-1-4-8-16)24-18(14-25-22-11-12-23-25)17-9-5-2-6-10-17/h1-12,18H,13-15H2,(H,21,27)(H,24,26). The van der Waals surface area contributed by atoms with E-state index in [0.29, 0.717) is 6.54 Å². The first-order valence-corrected chi connectivity index (χ1v) is 8.83. The normalized spacial score (nSPS) is 11.4. The zero-order chi connectivity index (χ0) is 19.6. The van der Waals surface area contributed by atoms with Gasteiger partial charge in [0.15, 0.2) is 0 Å². The van der Waals surface area contributed by atoms with Crippen molar-refractivity contribution in [2.45, 2.75) is 19.2 Å². The minimum atomic E-state index is -0.649. The molecule has 8 nitrogen and oxygen atoms in total. The van der Waals surface area contributed by atoms with Gasteiger partial charge < -0.3 is 15.4 Å². The van der Waals surface area contributed by atoms with Crippen molar-refractivity contribution in [2.24, 2.45) is 0 Å². The molecule has 1 heterocycles. The first-order chi connectivity index (χ1) is 13.7. The summed E-state index contributed by atoms with van der Waals surface area (Å²) < 4.78 is 5.10. The van der Waals surface area contributed by atoms with Gasteiger partial charge in [-0.25, -0.2) is 4.79 Å². The Balaban J connectivity index is 1.49. The van der Waals surface area contributed by atoms with Crippen molar-refractivity contribution in [3.8, 4) is 0 Å². The molecule has 0 radical (unpaired) electrons. The number of nitrogens with zero attached hydrogens (tertiary/aromatic N) is 3. The highest BCUT2D eigenvalue weighted by Crippen LogP contribution is 2.14. The third kappa shape index (κ3) is 5.94. The second-order valence-electron chi connectivity index (χ2n) is 6.03. The van der Waals surface area contributed by atoms with E-state index in [4.69, 9.17) is 4.74 Å². The number of carbonyl (C=O) groups is 2. The molecule has 2 amide bonds. The molecule has 1 unspecified atom stereocenters. The highest BCUT2D eigenvalue weighted by atomic mass is 16.5. The lowest BCUT2D eigenvalue weighted by Gasteiger charge is -2.19. The van der Waals surface area contributed by atoms with E-state index >= 15 is 0 Å². The van der Waals surface area contributed by atoms with Crippen molar-refractivity contribution in [1.29, 1.82) is 0 Å². The zero-order valence-electron chi connectivity index (χ0n) is 15.2. The number of rotatable bonds is 8. The van der Waals surface area contributed by atoms with E-state index in [2.05, 4.69) is 20.8 Å². The molecular weight excluding hydrogens is 358 g/mol. The molecule has 28 heavy (non-hydrogen) atoms. The van der Waals surface area contributed by atoms with Gasteiger partial charge in [0.1, 0.15) is 13.2 Å². The lowest BCUT2D eigenvalue weighted by molar-refractivity contribution is -0.121. The maximum absolute atomic E-state index is 12.3. The van der Waals surface area contributed by atoms with Crippen LogP contribution in [0.1, 0.15) is 17.2 Å². The summed E-state index contributed by atoms with van der Waals surface area (Å²) in [5.74, 6) is -0.335. The van der Waals surface area contributed by atoms with Crippen LogP contribution >= 0.6 is 0 Å². The van der Waals surface area contributed by atoms with Crippen molar-refractivity contribution >= 4 is 12.0 Å². The van der Waals surface area contributed by atoms with Crippen LogP contribution in [0.2, 0.25) is 0 Å². The largest absolute Gasteiger partial charge is 0.445 e. The van der Waals surface area contributed by atoms with Crippen molar-refractivity contribution in [1.82, 2.24) is 25.6 Å². The molecule has 0 aliphatic carbocycles. The number of alkyl carbamates (subject to hydrolysis) is 1. The Morgan fingerprint density at radius 1 is 0.964 bits per heavy atom. The average Bonchev–Trinajstić information content (AvgIpc) is 3.25. The number of nitrogens with one attached hydrogen (secondary N) is 2. The number of ether oxygens (including phenoxy) is 1. The SMILES string of the molecule is O=C(CNC(=O)OCc1ccccc1)NC(Cn1nccn1)c1ccccc1. The minimum absolute atomic E-state index is 0.145. The molecule has 0 aliphatic heterocycles.